The van der Waals surface area contributed by atoms with Gasteiger partial charge in [0.2, 0.25) is 0 Å². The van der Waals surface area contributed by atoms with E-state index in [1.54, 1.807) is 5.92 Å². The Balaban J connectivity index is 3.77. The molecule has 1 rings (SSSR count). The number of halogens is 6. The SMILES string of the molecule is CC#C[C@@]1(C)O[C@@](O)(C(F)(F)F)[C@@](C)(/C=C\C)O[C@@]1(O)C(F)(F)F. The standard InChI is InChI=1S/C14H16F6O4/c1-5-7-9(3)11(21,13(15,16)17)24-10(4,8-6-2)12(22,23-9)14(18,19)20/h5,7,21-22H,1-4H3/b7-5-/t9-,10-,11-,12-/m1/s1. The summed E-state index contributed by atoms with van der Waals surface area (Å²) in [7, 11) is 0. The van der Waals surface area contributed by atoms with Crippen LogP contribution in [0.15, 0.2) is 12.2 Å². The zero-order chi connectivity index (χ0) is 19.2. The molecule has 0 saturated carbocycles. The summed E-state index contributed by atoms with van der Waals surface area (Å²) >= 11 is 0. The summed E-state index contributed by atoms with van der Waals surface area (Å²) in [5.74, 6) is -4.76. The predicted molar refractivity (Wildman–Crippen MR) is 69.3 cm³/mol. The average molecular weight is 362 g/mol. The van der Waals surface area contributed by atoms with E-state index in [4.69, 9.17) is 0 Å². The van der Waals surface area contributed by atoms with Crippen molar-refractivity contribution in [2.24, 2.45) is 0 Å². The normalized spacial score (nSPS) is 41.2. The largest absolute Gasteiger partial charge is 0.447 e. The minimum Gasteiger partial charge on any atom is -0.356 e. The van der Waals surface area contributed by atoms with E-state index < -0.39 is 35.1 Å². The fourth-order valence-corrected chi connectivity index (χ4v) is 2.42. The number of rotatable bonds is 1. The molecule has 1 fully saturated rings. The van der Waals surface area contributed by atoms with Crippen LogP contribution in [0.3, 0.4) is 0 Å². The highest BCUT2D eigenvalue weighted by molar-refractivity contribution is 5.26. The molecule has 0 radical (unpaired) electrons. The van der Waals surface area contributed by atoms with Crippen molar-refractivity contribution in [1.82, 2.24) is 0 Å². The average Bonchev–Trinajstić information content (AvgIpc) is 2.34. The molecule has 24 heavy (non-hydrogen) atoms. The number of alkyl halides is 6. The summed E-state index contributed by atoms with van der Waals surface area (Å²) < 4.78 is 89.0. The van der Waals surface area contributed by atoms with Crippen LogP contribution in [-0.2, 0) is 9.47 Å². The van der Waals surface area contributed by atoms with Crippen LogP contribution in [0.2, 0.25) is 0 Å². The van der Waals surface area contributed by atoms with E-state index in [2.05, 4.69) is 9.47 Å². The Bertz CT molecular complexity index is 589. The van der Waals surface area contributed by atoms with Gasteiger partial charge in [0.05, 0.1) is 0 Å². The van der Waals surface area contributed by atoms with Crippen LogP contribution in [0, 0.1) is 11.8 Å². The van der Waals surface area contributed by atoms with Gasteiger partial charge in [-0.3, -0.25) is 0 Å². The molecule has 0 bridgehead atoms. The van der Waals surface area contributed by atoms with E-state index in [-0.39, 0.29) is 0 Å². The van der Waals surface area contributed by atoms with Gasteiger partial charge in [0.25, 0.3) is 5.79 Å². The van der Waals surface area contributed by atoms with Gasteiger partial charge in [0, 0.05) is 0 Å². The Morgan fingerprint density at radius 2 is 1.38 bits per heavy atom. The van der Waals surface area contributed by atoms with Crippen LogP contribution >= 0.6 is 0 Å². The number of aliphatic hydroxyl groups is 2. The first kappa shape index (κ1) is 20.8. The van der Waals surface area contributed by atoms with Gasteiger partial charge in [0.1, 0.15) is 0 Å². The van der Waals surface area contributed by atoms with Crippen molar-refractivity contribution < 1.29 is 46.0 Å². The number of hydrogen-bond donors (Lipinski definition) is 2. The van der Waals surface area contributed by atoms with E-state index in [0.717, 1.165) is 13.0 Å². The number of ether oxygens (including phenoxy) is 2. The van der Waals surface area contributed by atoms with Gasteiger partial charge in [0.15, 0.2) is 11.2 Å². The number of allylic oxidation sites excluding steroid dienone is 1. The molecule has 138 valence electrons. The topological polar surface area (TPSA) is 58.9 Å². The first-order chi connectivity index (χ1) is 10.5. The van der Waals surface area contributed by atoms with Crippen molar-refractivity contribution in [1.29, 1.82) is 0 Å². The third-order valence-electron chi connectivity index (χ3n) is 3.65. The quantitative estimate of drug-likeness (QED) is 0.428. The lowest BCUT2D eigenvalue weighted by Gasteiger charge is -2.57. The molecule has 10 heteroatoms. The monoisotopic (exact) mass is 362 g/mol. The Morgan fingerprint density at radius 1 is 0.917 bits per heavy atom. The third-order valence-corrected chi connectivity index (χ3v) is 3.65. The maximum Gasteiger partial charge on any atom is 0.447 e. The maximum atomic E-state index is 13.4. The first-order valence-electron chi connectivity index (χ1n) is 6.60. The molecular formula is C14H16F6O4. The zero-order valence-corrected chi connectivity index (χ0v) is 13.1. The fraction of sp³-hybridized carbons (Fsp3) is 0.714. The zero-order valence-electron chi connectivity index (χ0n) is 13.1. The Labute approximate surface area is 134 Å². The molecule has 0 amide bonds. The van der Waals surface area contributed by atoms with E-state index in [0.29, 0.717) is 19.9 Å². The molecule has 0 unspecified atom stereocenters. The lowest BCUT2D eigenvalue weighted by molar-refractivity contribution is -0.543. The smallest absolute Gasteiger partial charge is 0.356 e. The fourth-order valence-electron chi connectivity index (χ4n) is 2.42. The molecule has 0 aromatic heterocycles. The van der Waals surface area contributed by atoms with E-state index in [1.807, 2.05) is 5.92 Å². The minimum atomic E-state index is -5.57. The van der Waals surface area contributed by atoms with Gasteiger partial charge < -0.3 is 19.7 Å². The molecule has 1 aliphatic heterocycles. The Kier molecular flexibility index (Phi) is 4.87. The van der Waals surface area contributed by atoms with Crippen LogP contribution in [0.5, 0.6) is 0 Å². The lowest BCUT2D eigenvalue weighted by atomic mass is 9.84. The summed E-state index contributed by atoms with van der Waals surface area (Å²) in [6, 6.07) is 0. The predicted octanol–water partition coefficient (Wildman–Crippen LogP) is 2.65. The molecule has 0 spiro atoms. The number of hydrogen-bond acceptors (Lipinski definition) is 4. The van der Waals surface area contributed by atoms with Crippen molar-refractivity contribution >= 4 is 0 Å². The van der Waals surface area contributed by atoms with Gasteiger partial charge in [-0.2, -0.15) is 26.3 Å². The van der Waals surface area contributed by atoms with Crippen molar-refractivity contribution in [2.75, 3.05) is 0 Å². The van der Waals surface area contributed by atoms with E-state index in [9.17, 15) is 36.6 Å². The summed E-state index contributed by atoms with van der Waals surface area (Å²) in [5.41, 5.74) is -6.34. The molecule has 0 aliphatic carbocycles. The van der Waals surface area contributed by atoms with Crippen LogP contribution in [0.25, 0.3) is 0 Å². The molecule has 0 aromatic rings. The van der Waals surface area contributed by atoms with Crippen molar-refractivity contribution in [3.8, 4) is 11.8 Å². The summed E-state index contributed by atoms with van der Waals surface area (Å²) in [6.45, 7) is 3.18. The highest BCUT2D eigenvalue weighted by atomic mass is 19.4. The van der Waals surface area contributed by atoms with Gasteiger partial charge in [-0.25, -0.2) is 0 Å². The van der Waals surface area contributed by atoms with Crippen molar-refractivity contribution in [3.63, 3.8) is 0 Å². The second-order valence-corrected chi connectivity index (χ2v) is 5.50. The van der Waals surface area contributed by atoms with E-state index in [1.165, 1.54) is 6.92 Å². The van der Waals surface area contributed by atoms with Crippen LogP contribution in [-0.4, -0.2) is 45.3 Å². The molecule has 1 heterocycles. The van der Waals surface area contributed by atoms with Crippen LogP contribution in [0.4, 0.5) is 26.3 Å². The second kappa shape index (κ2) is 5.62. The molecule has 2 N–H and O–H groups in total. The first-order valence-corrected chi connectivity index (χ1v) is 6.60. The van der Waals surface area contributed by atoms with Gasteiger partial charge in [-0.05, 0) is 27.7 Å². The molecule has 4 nitrogen and oxygen atoms in total. The Hall–Kier alpha value is -1.28. The molecule has 0 aromatic carbocycles. The highest BCUT2D eigenvalue weighted by Gasteiger charge is 2.81. The summed E-state index contributed by atoms with van der Waals surface area (Å²) in [5, 5.41) is 20.1. The molecule has 1 saturated heterocycles. The van der Waals surface area contributed by atoms with Gasteiger partial charge in [-0.15, -0.1) is 5.92 Å². The van der Waals surface area contributed by atoms with Crippen LogP contribution < -0.4 is 0 Å². The van der Waals surface area contributed by atoms with Gasteiger partial charge >= 0.3 is 18.1 Å². The molecule has 4 atom stereocenters. The lowest BCUT2D eigenvalue weighted by Crippen LogP contribution is -2.80. The van der Waals surface area contributed by atoms with Crippen molar-refractivity contribution in [3.05, 3.63) is 12.2 Å². The van der Waals surface area contributed by atoms with Crippen molar-refractivity contribution in [2.45, 2.75) is 62.8 Å². The molecular weight excluding hydrogens is 346 g/mol. The van der Waals surface area contributed by atoms with E-state index >= 15 is 0 Å². The molecule has 1 aliphatic rings. The van der Waals surface area contributed by atoms with Crippen LogP contribution in [0.1, 0.15) is 27.7 Å². The summed E-state index contributed by atoms with van der Waals surface area (Å²) in [6.07, 6.45) is -9.69. The van der Waals surface area contributed by atoms with Gasteiger partial charge in [-0.1, -0.05) is 18.1 Å². The highest BCUT2D eigenvalue weighted by Crippen LogP contribution is 2.56. The maximum absolute atomic E-state index is 13.4. The minimum absolute atomic E-state index is 0.447. The summed E-state index contributed by atoms with van der Waals surface area (Å²) in [4.78, 5) is 0. The third kappa shape index (κ3) is 2.69. The Morgan fingerprint density at radius 3 is 1.71 bits per heavy atom. The second-order valence-electron chi connectivity index (χ2n) is 5.50.